The van der Waals surface area contributed by atoms with E-state index >= 15 is 0 Å². The number of rotatable bonds is 42. The molecule has 0 radical (unpaired) electrons. The molecule has 0 atom stereocenters. The van der Waals surface area contributed by atoms with Gasteiger partial charge in [0.25, 0.3) is 0 Å². The molecule has 1 aromatic carbocycles. The molecule has 0 spiro atoms. The number of hydrogen-bond donors (Lipinski definition) is 4. The Bertz CT molecular complexity index is 1110. The first kappa shape index (κ1) is 53.1. The summed E-state index contributed by atoms with van der Waals surface area (Å²) in [4.78, 5) is 50.3. The Balaban J connectivity index is 2.54. The van der Waals surface area contributed by atoms with Crippen molar-refractivity contribution >= 4 is 23.9 Å². The maximum Gasteiger partial charge on any atom is 0.336 e. The number of carbonyl (C=O) groups is 4. The molecule has 0 saturated carbocycles. The molecule has 0 aromatic heterocycles. The molecule has 0 heterocycles. The Kier molecular flexibility index (Phi) is 33.0. The van der Waals surface area contributed by atoms with Gasteiger partial charge in [-0.05, 0) is 36.8 Å². The van der Waals surface area contributed by atoms with Crippen LogP contribution in [0.25, 0.3) is 0 Å². The predicted molar refractivity (Wildman–Crippen MR) is 239 cm³/mol. The summed E-state index contributed by atoms with van der Waals surface area (Å²) in [5.74, 6) is -6.14. The SMILES string of the molecule is CCCCCCCCCCCCCCCCCCCCc1c(C(=O)O)c(C(=O)O)c(CCCCCCCCCCCCCCCCCCCC)c(C(=O)O)c1C(=O)O. The van der Waals surface area contributed by atoms with Crippen molar-refractivity contribution in [1.82, 2.24) is 0 Å². The molecule has 0 aliphatic carbocycles. The van der Waals surface area contributed by atoms with Gasteiger partial charge in [-0.2, -0.15) is 0 Å². The highest BCUT2D eigenvalue weighted by Crippen LogP contribution is 2.33. The lowest BCUT2D eigenvalue weighted by atomic mass is 9.82. The highest BCUT2D eigenvalue weighted by Gasteiger charge is 2.35. The molecule has 1 rings (SSSR count). The first-order valence-electron chi connectivity index (χ1n) is 24.3. The van der Waals surface area contributed by atoms with Crippen LogP contribution in [-0.2, 0) is 12.8 Å². The van der Waals surface area contributed by atoms with Crippen molar-refractivity contribution in [2.45, 2.75) is 258 Å². The van der Waals surface area contributed by atoms with Gasteiger partial charge in [-0.25, -0.2) is 19.2 Å². The molecular weight excluding hydrogens is 729 g/mol. The molecule has 0 bridgehead atoms. The fraction of sp³-hybridized carbons (Fsp3) is 0.800. The van der Waals surface area contributed by atoms with Crippen LogP contribution < -0.4 is 0 Å². The van der Waals surface area contributed by atoms with E-state index < -0.39 is 46.1 Å². The zero-order valence-corrected chi connectivity index (χ0v) is 37.3. The lowest BCUT2D eigenvalue weighted by Gasteiger charge is -2.20. The molecule has 0 saturated heterocycles. The Morgan fingerprint density at radius 2 is 0.397 bits per heavy atom. The average molecular weight is 815 g/mol. The standard InChI is InChI=1S/C50H86O8/c1-3-5-7-9-11-13-15-17-19-21-23-25-27-29-31-33-35-37-39-41-43(47(51)52)45(49(55)56)42(46(50(57)58)44(41)48(53)54)40-38-36-34-32-30-28-26-24-22-20-18-16-14-12-10-8-6-4-2/h3-40H2,1-2H3,(H,51,52)(H,53,54)(H,55,56)(H,57,58). The minimum atomic E-state index is -1.53. The largest absolute Gasteiger partial charge is 0.478 e. The van der Waals surface area contributed by atoms with Crippen molar-refractivity contribution in [2.24, 2.45) is 0 Å². The summed E-state index contributed by atoms with van der Waals surface area (Å²) >= 11 is 0. The van der Waals surface area contributed by atoms with Crippen LogP contribution in [0.4, 0.5) is 0 Å². The van der Waals surface area contributed by atoms with Gasteiger partial charge in [0.15, 0.2) is 0 Å². The van der Waals surface area contributed by atoms with Crippen LogP contribution in [-0.4, -0.2) is 44.3 Å². The molecule has 0 amide bonds. The number of unbranched alkanes of at least 4 members (excludes halogenated alkanes) is 34. The van der Waals surface area contributed by atoms with Gasteiger partial charge < -0.3 is 20.4 Å². The molecule has 334 valence electrons. The van der Waals surface area contributed by atoms with Crippen LogP contribution in [0.1, 0.15) is 298 Å². The molecule has 8 heteroatoms. The van der Waals surface area contributed by atoms with Gasteiger partial charge in [-0.15, -0.1) is 0 Å². The minimum absolute atomic E-state index is 0.00202. The maximum atomic E-state index is 12.6. The summed E-state index contributed by atoms with van der Waals surface area (Å²) in [5, 5.41) is 40.9. The fourth-order valence-electron chi connectivity index (χ4n) is 8.70. The van der Waals surface area contributed by atoms with Gasteiger partial charge >= 0.3 is 23.9 Å². The summed E-state index contributed by atoms with van der Waals surface area (Å²) in [6.45, 7) is 4.51. The van der Waals surface area contributed by atoms with Gasteiger partial charge in [0.2, 0.25) is 0 Å². The molecule has 58 heavy (non-hydrogen) atoms. The van der Waals surface area contributed by atoms with E-state index in [0.717, 1.165) is 51.4 Å². The van der Waals surface area contributed by atoms with Crippen LogP contribution in [0.3, 0.4) is 0 Å². The first-order chi connectivity index (χ1) is 28.2. The molecule has 1 aromatic rings. The van der Waals surface area contributed by atoms with E-state index in [0.29, 0.717) is 12.8 Å². The van der Waals surface area contributed by atoms with Crippen LogP contribution >= 0.6 is 0 Å². The first-order valence-corrected chi connectivity index (χ1v) is 24.3. The van der Waals surface area contributed by atoms with Crippen LogP contribution in [0.2, 0.25) is 0 Å². The van der Waals surface area contributed by atoms with E-state index in [1.807, 2.05) is 0 Å². The second-order valence-corrected chi connectivity index (χ2v) is 17.2. The third kappa shape index (κ3) is 24.2. The van der Waals surface area contributed by atoms with Gasteiger partial charge in [0, 0.05) is 0 Å². The number of aromatic carboxylic acids is 4. The Hall–Kier alpha value is -2.90. The van der Waals surface area contributed by atoms with E-state index in [-0.39, 0.29) is 24.0 Å². The van der Waals surface area contributed by atoms with Crippen molar-refractivity contribution in [2.75, 3.05) is 0 Å². The highest BCUT2D eigenvalue weighted by atomic mass is 16.4. The summed E-state index contributed by atoms with van der Waals surface area (Å²) < 4.78 is 0. The molecule has 0 aliphatic heterocycles. The van der Waals surface area contributed by atoms with E-state index in [9.17, 15) is 39.6 Å². The van der Waals surface area contributed by atoms with E-state index in [4.69, 9.17) is 0 Å². The van der Waals surface area contributed by atoms with Gasteiger partial charge in [-0.3, -0.25) is 0 Å². The molecule has 0 fully saturated rings. The molecule has 0 unspecified atom stereocenters. The lowest BCUT2D eigenvalue weighted by molar-refractivity contribution is 0.0632. The third-order valence-electron chi connectivity index (χ3n) is 12.1. The van der Waals surface area contributed by atoms with Gasteiger partial charge in [-0.1, -0.05) is 232 Å². The topological polar surface area (TPSA) is 149 Å². The predicted octanol–water partition coefficient (Wildman–Crippen LogP) is 15.6. The molecular formula is C50H86O8. The highest BCUT2D eigenvalue weighted by molar-refractivity contribution is 6.12. The van der Waals surface area contributed by atoms with Crippen molar-refractivity contribution in [3.05, 3.63) is 33.4 Å². The molecule has 4 N–H and O–H groups in total. The van der Waals surface area contributed by atoms with Crippen molar-refractivity contribution in [3.8, 4) is 0 Å². The zero-order valence-electron chi connectivity index (χ0n) is 37.3. The second kappa shape index (κ2) is 36.0. The number of hydrogen-bond acceptors (Lipinski definition) is 4. The number of carboxylic acids is 4. The summed E-state index contributed by atoms with van der Waals surface area (Å²) in [6, 6.07) is 0. The Morgan fingerprint density at radius 3 is 0.534 bits per heavy atom. The van der Waals surface area contributed by atoms with Crippen LogP contribution in [0, 0.1) is 0 Å². The molecule has 8 nitrogen and oxygen atoms in total. The van der Waals surface area contributed by atoms with Crippen LogP contribution in [0.5, 0.6) is 0 Å². The zero-order chi connectivity index (χ0) is 42.6. The van der Waals surface area contributed by atoms with Crippen LogP contribution in [0.15, 0.2) is 0 Å². The summed E-state index contributed by atoms with van der Waals surface area (Å²) in [5.41, 5.74) is -2.65. The second-order valence-electron chi connectivity index (χ2n) is 17.2. The Morgan fingerprint density at radius 1 is 0.259 bits per heavy atom. The van der Waals surface area contributed by atoms with Gasteiger partial charge in [0.1, 0.15) is 0 Å². The smallest absolute Gasteiger partial charge is 0.336 e. The number of carboxylic acid groups (broad SMARTS) is 4. The average Bonchev–Trinajstić information content (AvgIpc) is 3.19. The van der Waals surface area contributed by atoms with Crippen molar-refractivity contribution < 1.29 is 39.6 Å². The maximum absolute atomic E-state index is 12.6. The normalized spacial score (nSPS) is 11.3. The summed E-state index contributed by atoms with van der Waals surface area (Å²) in [7, 11) is 0. The lowest BCUT2D eigenvalue weighted by Crippen LogP contribution is -2.24. The third-order valence-corrected chi connectivity index (χ3v) is 12.1. The Labute approximate surface area is 353 Å². The number of benzene rings is 1. The van der Waals surface area contributed by atoms with E-state index in [1.54, 1.807) is 0 Å². The van der Waals surface area contributed by atoms with Crippen molar-refractivity contribution in [3.63, 3.8) is 0 Å². The molecule has 0 aliphatic rings. The summed E-state index contributed by atoms with van der Waals surface area (Å²) in [6.07, 6.45) is 42.7. The monoisotopic (exact) mass is 815 g/mol. The fourth-order valence-corrected chi connectivity index (χ4v) is 8.70. The minimum Gasteiger partial charge on any atom is -0.478 e. The van der Waals surface area contributed by atoms with E-state index in [2.05, 4.69) is 13.8 Å². The van der Waals surface area contributed by atoms with Crippen molar-refractivity contribution in [1.29, 1.82) is 0 Å². The van der Waals surface area contributed by atoms with E-state index in [1.165, 1.54) is 167 Å². The quantitative estimate of drug-likeness (QED) is 0.0477. The van der Waals surface area contributed by atoms with Gasteiger partial charge in [0.05, 0.1) is 22.3 Å².